The molecule has 0 atom stereocenters. The van der Waals surface area contributed by atoms with Gasteiger partial charge >= 0.3 is 0 Å². The van der Waals surface area contributed by atoms with Gasteiger partial charge in [-0.2, -0.15) is 5.26 Å². The molecule has 0 aliphatic heterocycles. The van der Waals surface area contributed by atoms with Crippen LogP contribution in [-0.4, -0.2) is 16.0 Å². The van der Waals surface area contributed by atoms with Gasteiger partial charge < -0.3 is 15.7 Å². The Kier molecular flexibility index (Phi) is 5.10. The Hall–Kier alpha value is -3.33. The van der Waals surface area contributed by atoms with Gasteiger partial charge in [-0.15, -0.1) is 0 Å². The maximum atomic E-state index is 11.9. The summed E-state index contributed by atoms with van der Waals surface area (Å²) in [7, 11) is 0. The van der Waals surface area contributed by atoms with Crippen LogP contribution in [0.4, 0.5) is 5.69 Å². The van der Waals surface area contributed by atoms with Crippen LogP contribution < -0.4 is 10.6 Å². The average molecular weight is 294 g/mol. The second-order valence-corrected chi connectivity index (χ2v) is 4.41. The summed E-state index contributed by atoms with van der Waals surface area (Å²) in [5, 5.41) is 23.8. The predicted molar refractivity (Wildman–Crippen MR) is 81.5 cm³/mol. The Morgan fingerprint density at radius 3 is 2.91 bits per heavy atom. The lowest BCUT2D eigenvalue weighted by Gasteiger charge is -2.05. The zero-order valence-corrected chi connectivity index (χ0v) is 11.7. The fourth-order valence-electron chi connectivity index (χ4n) is 1.68. The van der Waals surface area contributed by atoms with Crippen molar-refractivity contribution in [3.05, 3.63) is 66.1 Å². The minimum Gasteiger partial charge on any atom is -0.508 e. The second-order valence-electron chi connectivity index (χ2n) is 4.41. The Morgan fingerprint density at radius 2 is 2.23 bits per heavy atom. The van der Waals surface area contributed by atoms with Crippen LogP contribution in [0.1, 0.15) is 5.56 Å². The quantitative estimate of drug-likeness (QED) is 0.578. The number of amides is 1. The molecule has 1 aromatic heterocycles. The standard InChI is InChI=1S/C16H14N4O2/c17-8-13(11-19-14-4-1-5-15(21)7-14)16(22)20-10-12-3-2-6-18-9-12/h1-7,9,11,19,21H,10H2,(H,20,22)/b13-11-. The van der Waals surface area contributed by atoms with Crippen molar-refractivity contribution in [2.45, 2.75) is 6.54 Å². The Labute approximate surface area is 127 Å². The molecule has 0 aliphatic carbocycles. The van der Waals surface area contributed by atoms with Gasteiger partial charge in [0.15, 0.2) is 0 Å². The van der Waals surface area contributed by atoms with E-state index in [4.69, 9.17) is 5.26 Å². The Balaban J connectivity index is 1.97. The molecule has 0 radical (unpaired) electrons. The van der Waals surface area contributed by atoms with E-state index in [9.17, 15) is 9.90 Å². The smallest absolute Gasteiger partial charge is 0.263 e. The summed E-state index contributed by atoms with van der Waals surface area (Å²) < 4.78 is 0. The van der Waals surface area contributed by atoms with Gasteiger partial charge in [-0.1, -0.05) is 12.1 Å². The molecular formula is C16H14N4O2. The number of carbonyl (C=O) groups is 1. The van der Waals surface area contributed by atoms with Gasteiger partial charge in [0.2, 0.25) is 0 Å². The van der Waals surface area contributed by atoms with Gasteiger partial charge in [0, 0.05) is 36.9 Å². The minimum absolute atomic E-state index is 0.0627. The number of hydrogen-bond acceptors (Lipinski definition) is 5. The van der Waals surface area contributed by atoms with E-state index in [-0.39, 0.29) is 17.9 Å². The van der Waals surface area contributed by atoms with Gasteiger partial charge in [-0.05, 0) is 23.8 Å². The number of nitriles is 1. The second kappa shape index (κ2) is 7.45. The van der Waals surface area contributed by atoms with E-state index >= 15 is 0 Å². The monoisotopic (exact) mass is 294 g/mol. The summed E-state index contributed by atoms with van der Waals surface area (Å²) in [6, 6.07) is 11.8. The number of aromatic hydroxyl groups is 1. The van der Waals surface area contributed by atoms with Crippen LogP contribution in [0.5, 0.6) is 5.75 Å². The van der Waals surface area contributed by atoms with Crippen molar-refractivity contribution in [3.63, 3.8) is 0 Å². The molecule has 1 amide bonds. The number of phenols is 1. The summed E-state index contributed by atoms with van der Waals surface area (Å²) >= 11 is 0. The molecule has 2 rings (SSSR count). The highest BCUT2D eigenvalue weighted by Gasteiger charge is 2.08. The lowest BCUT2D eigenvalue weighted by Crippen LogP contribution is -2.24. The molecule has 0 spiro atoms. The number of anilines is 1. The van der Waals surface area contributed by atoms with E-state index in [1.807, 2.05) is 12.1 Å². The lowest BCUT2D eigenvalue weighted by atomic mass is 10.2. The van der Waals surface area contributed by atoms with Crippen LogP contribution in [0.2, 0.25) is 0 Å². The van der Waals surface area contributed by atoms with E-state index in [2.05, 4.69) is 15.6 Å². The lowest BCUT2D eigenvalue weighted by molar-refractivity contribution is -0.117. The zero-order chi connectivity index (χ0) is 15.8. The van der Waals surface area contributed by atoms with Crippen LogP contribution in [0.15, 0.2) is 60.6 Å². The van der Waals surface area contributed by atoms with Crippen molar-refractivity contribution in [1.29, 1.82) is 5.26 Å². The van der Waals surface area contributed by atoms with Crippen molar-refractivity contribution in [2.75, 3.05) is 5.32 Å². The molecular weight excluding hydrogens is 280 g/mol. The molecule has 2 aromatic rings. The topological polar surface area (TPSA) is 98.0 Å². The molecule has 0 saturated heterocycles. The van der Waals surface area contributed by atoms with E-state index in [0.29, 0.717) is 5.69 Å². The largest absolute Gasteiger partial charge is 0.508 e. The van der Waals surface area contributed by atoms with Crippen LogP contribution in [-0.2, 0) is 11.3 Å². The highest BCUT2D eigenvalue weighted by Crippen LogP contribution is 2.15. The number of phenolic OH excluding ortho intramolecular Hbond substituents is 1. The summed E-state index contributed by atoms with van der Waals surface area (Å²) in [4.78, 5) is 15.9. The van der Waals surface area contributed by atoms with Crippen molar-refractivity contribution in [2.24, 2.45) is 0 Å². The van der Waals surface area contributed by atoms with Crippen molar-refractivity contribution < 1.29 is 9.90 Å². The molecule has 1 heterocycles. The van der Waals surface area contributed by atoms with Crippen LogP contribution in [0.3, 0.4) is 0 Å². The molecule has 0 unspecified atom stereocenters. The third-order valence-electron chi connectivity index (χ3n) is 2.77. The van der Waals surface area contributed by atoms with E-state index in [1.54, 1.807) is 30.6 Å². The molecule has 3 N–H and O–H groups in total. The van der Waals surface area contributed by atoms with Gasteiger partial charge in [0.05, 0.1) is 0 Å². The maximum Gasteiger partial charge on any atom is 0.263 e. The zero-order valence-electron chi connectivity index (χ0n) is 11.7. The highest BCUT2D eigenvalue weighted by atomic mass is 16.3. The molecule has 0 aliphatic rings. The van der Waals surface area contributed by atoms with Gasteiger partial charge in [0.1, 0.15) is 17.4 Å². The average Bonchev–Trinajstić information content (AvgIpc) is 2.54. The molecule has 22 heavy (non-hydrogen) atoms. The molecule has 0 bridgehead atoms. The summed E-state index contributed by atoms with van der Waals surface area (Å²) in [5.41, 5.74) is 1.36. The Morgan fingerprint density at radius 1 is 1.36 bits per heavy atom. The number of benzene rings is 1. The fraction of sp³-hybridized carbons (Fsp3) is 0.0625. The molecule has 110 valence electrons. The van der Waals surface area contributed by atoms with E-state index < -0.39 is 5.91 Å². The first kappa shape index (κ1) is 15.1. The third kappa shape index (κ3) is 4.35. The summed E-state index contributed by atoms with van der Waals surface area (Å²) in [6.07, 6.45) is 4.58. The molecule has 6 nitrogen and oxygen atoms in total. The minimum atomic E-state index is -0.487. The van der Waals surface area contributed by atoms with Crippen molar-refractivity contribution in [1.82, 2.24) is 10.3 Å². The van der Waals surface area contributed by atoms with Gasteiger partial charge in [-0.25, -0.2) is 0 Å². The summed E-state index contributed by atoms with van der Waals surface area (Å²) in [6.45, 7) is 0.290. The first-order chi connectivity index (χ1) is 10.7. The van der Waals surface area contributed by atoms with E-state index in [1.165, 1.54) is 18.3 Å². The van der Waals surface area contributed by atoms with E-state index in [0.717, 1.165) is 5.56 Å². The molecule has 0 fully saturated rings. The van der Waals surface area contributed by atoms with Gasteiger partial charge in [-0.3, -0.25) is 9.78 Å². The fourth-order valence-corrected chi connectivity index (χ4v) is 1.68. The highest BCUT2D eigenvalue weighted by molar-refractivity contribution is 5.97. The molecule has 6 heteroatoms. The maximum absolute atomic E-state index is 11.9. The number of carbonyl (C=O) groups excluding carboxylic acids is 1. The number of nitrogens with zero attached hydrogens (tertiary/aromatic N) is 2. The number of rotatable bonds is 5. The number of aromatic nitrogens is 1. The number of pyridine rings is 1. The van der Waals surface area contributed by atoms with Gasteiger partial charge in [0.25, 0.3) is 5.91 Å². The number of nitrogens with one attached hydrogen (secondary N) is 2. The predicted octanol–water partition coefficient (Wildman–Crippen LogP) is 1.92. The normalized spacial score (nSPS) is 10.6. The third-order valence-corrected chi connectivity index (χ3v) is 2.77. The molecule has 0 saturated carbocycles. The SMILES string of the molecule is N#C/C(=C/Nc1cccc(O)c1)C(=O)NCc1cccnc1. The first-order valence-electron chi connectivity index (χ1n) is 6.52. The number of hydrogen-bond donors (Lipinski definition) is 3. The van der Waals surface area contributed by atoms with Crippen molar-refractivity contribution >= 4 is 11.6 Å². The van der Waals surface area contributed by atoms with Crippen LogP contribution >= 0.6 is 0 Å². The van der Waals surface area contributed by atoms with Crippen molar-refractivity contribution in [3.8, 4) is 11.8 Å². The Bertz CT molecular complexity index is 720. The van der Waals surface area contributed by atoms with Crippen LogP contribution in [0.25, 0.3) is 0 Å². The van der Waals surface area contributed by atoms with Crippen LogP contribution in [0, 0.1) is 11.3 Å². The first-order valence-corrected chi connectivity index (χ1v) is 6.52. The summed E-state index contributed by atoms with van der Waals surface area (Å²) in [5.74, 6) is -0.392. The molecule has 1 aromatic carbocycles.